The minimum Gasteiger partial charge on any atom is -0.0984 e. The fourth-order valence-corrected chi connectivity index (χ4v) is 2.78. The molecular formula is C25H26. The third kappa shape index (κ3) is 4.81. The van der Waals surface area contributed by atoms with E-state index in [1.54, 1.807) is 0 Å². The van der Waals surface area contributed by atoms with Gasteiger partial charge in [0, 0.05) is 0 Å². The predicted molar refractivity (Wildman–Crippen MR) is 113 cm³/mol. The molecule has 0 radical (unpaired) electrons. The van der Waals surface area contributed by atoms with Crippen molar-refractivity contribution in [1.29, 1.82) is 0 Å². The standard InChI is InChI=1S/C25H26/c1-5-9-13-21(8-4)23-15-11-17-25(19-23)24-16-10-14-22(18-24)20(7-3)12-6-2/h5-19H,4H2,1-3H3/b9-5-,12-6-,20-7+,21-13+. The van der Waals surface area contributed by atoms with Crippen LogP contribution < -0.4 is 0 Å². The van der Waals surface area contributed by atoms with Crippen molar-refractivity contribution in [2.45, 2.75) is 20.8 Å². The zero-order valence-electron chi connectivity index (χ0n) is 15.4. The maximum absolute atomic E-state index is 3.94. The molecule has 0 aliphatic carbocycles. The van der Waals surface area contributed by atoms with Gasteiger partial charge in [0.25, 0.3) is 0 Å². The molecule has 25 heavy (non-hydrogen) atoms. The van der Waals surface area contributed by atoms with E-state index in [9.17, 15) is 0 Å². The fourth-order valence-electron chi connectivity index (χ4n) is 2.78. The first-order valence-corrected chi connectivity index (χ1v) is 8.69. The molecule has 126 valence electrons. The van der Waals surface area contributed by atoms with Crippen LogP contribution in [0.15, 0.2) is 97.6 Å². The van der Waals surface area contributed by atoms with Crippen molar-refractivity contribution in [1.82, 2.24) is 0 Å². The van der Waals surface area contributed by atoms with Crippen molar-refractivity contribution < 1.29 is 0 Å². The van der Waals surface area contributed by atoms with E-state index in [0.29, 0.717) is 0 Å². The highest BCUT2D eigenvalue weighted by molar-refractivity contribution is 5.80. The highest BCUT2D eigenvalue weighted by Gasteiger charge is 2.04. The normalized spacial score (nSPS) is 12.9. The van der Waals surface area contributed by atoms with Gasteiger partial charge in [-0.3, -0.25) is 0 Å². The van der Waals surface area contributed by atoms with Gasteiger partial charge >= 0.3 is 0 Å². The molecule has 0 unspecified atom stereocenters. The smallest absolute Gasteiger partial charge is 0.0178 e. The van der Waals surface area contributed by atoms with Gasteiger partial charge in [-0.05, 0) is 66.3 Å². The van der Waals surface area contributed by atoms with Gasteiger partial charge in [-0.25, -0.2) is 0 Å². The van der Waals surface area contributed by atoms with Crippen LogP contribution in [0.2, 0.25) is 0 Å². The van der Waals surface area contributed by atoms with Crippen LogP contribution in [0.1, 0.15) is 31.9 Å². The predicted octanol–water partition coefficient (Wildman–Crippen LogP) is 7.48. The van der Waals surface area contributed by atoms with Crippen molar-refractivity contribution >= 4 is 11.1 Å². The van der Waals surface area contributed by atoms with Gasteiger partial charge in [-0.1, -0.05) is 85.5 Å². The largest absolute Gasteiger partial charge is 0.0984 e. The van der Waals surface area contributed by atoms with Crippen LogP contribution in [-0.4, -0.2) is 0 Å². The second-order valence-corrected chi connectivity index (χ2v) is 5.76. The third-order valence-electron chi connectivity index (χ3n) is 4.07. The van der Waals surface area contributed by atoms with Gasteiger partial charge < -0.3 is 0 Å². The van der Waals surface area contributed by atoms with Crippen LogP contribution in [0, 0.1) is 0 Å². The molecule has 0 bridgehead atoms. The van der Waals surface area contributed by atoms with Crippen LogP contribution >= 0.6 is 0 Å². The molecule has 0 atom stereocenters. The van der Waals surface area contributed by atoms with Crippen LogP contribution in [0.5, 0.6) is 0 Å². The first-order valence-electron chi connectivity index (χ1n) is 8.69. The topological polar surface area (TPSA) is 0 Å². The molecule has 2 rings (SSSR count). The molecule has 0 heteroatoms. The minimum absolute atomic E-state index is 1.12. The summed E-state index contributed by atoms with van der Waals surface area (Å²) in [6, 6.07) is 17.3. The Kier molecular flexibility index (Phi) is 6.98. The quantitative estimate of drug-likeness (QED) is 0.483. The first kappa shape index (κ1) is 18.5. The molecular weight excluding hydrogens is 300 g/mol. The van der Waals surface area contributed by atoms with Gasteiger partial charge in [0.1, 0.15) is 0 Å². The summed E-state index contributed by atoms with van der Waals surface area (Å²) in [7, 11) is 0. The molecule has 0 aliphatic rings. The second-order valence-electron chi connectivity index (χ2n) is 5.76. The molecule has 0 heterocycles. The Balaban J connectivity index is 2.46. The minimum atomic E-state index is 1.12. The monoisotopic (exact) mass is 326 g/mol. The third-order valence-corrected chi connectivity index (χ3v) is 4.07. The van der Waals surface area contributed by atoms with Gasteiger partial charge in [-0.15, -0.1) is 0 Å². The Morgan fingerprint density at radius 1 is 0.800 bits per heavy atom. The summed E-state index contributed by atoms with van der Waals surface area (Å²) >= 11 is 0. The van der Waals surface area contributed by atoms with Crippen molar-refractivity contribution in [2.24, 2.45) is 0 Å². The molecule has 0 saturated carbocycles. The van der Waals surface area contributed by atoms with Crippen LogP contribution in [0.4, 0.5) is 0 Å². The van der Waals surface area contributed by atoms with Crippen molar-refractivity contribution in [3.63, 3.8) is 0 Å². The van der Waals surface area contributed by atoms with E-state index < -0.39 is 0 Å². The molecule has 0 spiro atoms. The SMILES string of the molecule is C=C/C(=C\C=C/C)c1cccc(-c2cccc(C(/C=C\C)=C/C)c2)c1. The lowest BCUT2D eigenvalue weighted by Gasteiger charge is -2.09. The Morgan fingerprint density at radius 2 is 1.40 bits per heavy atom. The Hall–Kier alpha value is -2.86. The van der Waals surface area contributed by atoms with Gasteiger partial charge in [0.15, 0.2) is 0 Å². The van der Waals surface area contributed by atoms with Crippen molar-refractivity contribution in [2.75, 3.05) is 0 Å². The number of rotatable bonds is 6. The zero-order valence-corrected chi connectivity index (χ0v) is 15.4. The van der Waals surface area contributed by atoms with Crippen molar-refractivity contribution in [3.05, 3.63) is 109 Å². The summed E-state index contributed by atoms with van der Waals surface area (Å²) < 4.78 is 0. The molecule has 0 N–H and O–H groups in total. The van der Waals surface area contributed by atoms with Gasteiger partial charge in [-0.2, -0.15) is 0 Å². The first-order chi connectivity index (χ1) is 12.2. The maximum atomic E-state index is 3.94. The molecule has 0 amide bonds. The summed E-state index contributed by atoms with van der Waals surface area (Å²) in [5.41, 5.74) is 7.20. The molecule has 0 saturated heterocycles. The summed E-state index contributed by atoms with van der Waals surface area (Å²) in [5.74, 6) is 0. The average molecular weight is 326 g/mol. The average Bonchev–Trinajstić information content (AvgIpc) is 2.67. The number of hydrogen-bond acceptors (Lipinski definition) is 0. The number of hydrogen-bond donors (Lipinski definition) is 0. The summed E-state index contributed by atoms with van der Waals surface area (Å²) in [6.45, 7) is 10.1. The lowest BCUT2D eigenvalue weighted by molar-refractivity contribution is 1.54. The molecule has 0 aliphatic heterocycles. The lowest BCUT2D eigenvalue weighted by Crippen LogP contribution is -1.86. The van der Waals surface area contributed by atoms with E-state index in [1.807, 2.05) is 32.1 Å². The molecule has 2 aromatic carbocycles. The number of benzene rings is 2. The van der Waals surface area contributed by atoms with Crippen molar-refractivity contribution in [3.8, 4) is 11.1 Å². The van der Waals surface area contributed by atoms with Gasteiger partial charge in [0.2, 0.25) is 0 Å². The molecule has 0 aromatic heterocycles. The highest BCUT2D eigenvalue weighted by atomic mass is 14.1. The van der Waals surface area contributed by atoms with E-state index in [4.69, 9.17) is 0 Å². The van der Waals surface area contributed by atoms with Crippen LogP contribution in [-0.2, 0) is 0 Å². The molecule has 2 aromatic rings. The summed E-state index contributed by atoms with van der Waals surface area (Å²) in [5, 5.41) is 0. The fraction of sp³-hybridized carbons (Fsp3) is 0.120. The second kappa shape index (κ2) is 9.44. The molecule has 0 fully saturated rings. The van der Waals surface area contributed by atoms with Crippen LogP contribution in [0.25, 0.3) is 22.3 Å². The zero-order chi connectivity index (χ0) is 18.1. The van der Waals surface area contributed by atoms with Crippen LogP contribution in [0.3, 0.4) is 0 Å². The summed E-state index contributed by atoms with van der Waals surface area (Å²) in [6.07, 6.45) is 14.4. The Labute approximate surface area is 152 Å². The number of allylic oxidation sites excluding steroid dienone is 9. The van der Waals surface area contributed by atoms with E-state index >= 15 is 0 Å². The highest BCUT2D eigenvalue weighted by Crippen LogP contribution is 2.27. The van der Waals surface area contributed by atoms with E-state index in [0.717, 1.165) is 5.57 Å². The maximum Gasteiger partial charge on any atom is -0.0178 e. The lowest BCUT2D eigenvalue weighted by atomic mass is 9.96. The van der Waals surface area contributed by atoms with E-state index in [2.05, 4.69) is 86.3 Å². The summed E-state index contributed by atoms with van der Waals surface area (Å²) in [4.78, 5) is 0. The van der Waals surface area contributed by atoms with Gasteiger partial charge in [0.05, 0.1) is 0 Å². The molecule has 0 nitrogen and oxygen atoms in total. The van der Waals surface area contributed by atoms with E-state index in [1.165, 1.54) is 27.8 Å². The Morgan fingerprint density at radius 3 is 1.88 bits per heavy atom. The van der Waals surface area contributed by atoms with E-state index in [-0.39, 0.29) is 0 Å². The Bertz CT molecular complexity index is 842.